The van der Waals surface area contributed by atoms with E-state index in [-0.39, 0.29) is 10.8 Å². The Balaban J connectivity index is 2.06. The molecule has 1 aromatic rings. The van der Waals surface area contributed by atoms with Crippen LogP contribution in [0, 0.1) is 0 Å². The van der Waals surface area contributed by atoms with Gasteiger partial charge in [-0.2, -0.15) is 0 Å². The van der Waals surface area contributed by atoms with Gasteiger partial charge in [-0.15, -0.1) is 0 Å². The Bertz CT molecular complexity index is 858. The van der Waals surface area contributed by atoms with Crippen LogP contribution in [0.15, 0.2) is 29.2 Å². The Kier molecular flexibility index (Phi) is 6.33. The number of benzene rings is 1. The molecule has 1 heterocycles. The third-order valence-corrected chi connectivity index (χ3v) is 5.34. The number of sulfonamides is 1. The lowest BCUT2D eigenvalue weighted by atomic mass is 10.2. The summed E-state index contributed by atoms with van der Waals surface area (Å²) in [5, 5.41) is 2.68. The molecule has 28 heavy (non-hydrogen) atoms. The van der Waals surface area contributed by atoms with E-state index in [1.807, 2.05) is 4.72 Å². The molecule has 10 heteroatoms. The highest BCUT2D eigenvalue weighted by molar-refractivity contribution is 7.90. The van der Waals surface area contributed by atoms with Gasteiger partial charge in [0.05, 0.1) is 4.90 Å². The lowest BCUT2D eigenvalue weighted by Gasteiger charge is -2.28. The first-order valence-electron chi connectivity index (χ1n) is 8.83. The number of nitrogens with one attached hydrogen (secondary N) is 2. The highest BCUT2D eigenvalue weighted by Crippen LogP contribution is 2.22. The monoisotopic (exact) mass is 411 g/mol. The summed E-state index contributed by atoms with van der Waals surface area (Å²) in [4.78, 5) is 37.2. The molecule has 154 valence electrons. The van der Waals surface area contributed by atoms with Crippen molar-refractivity contribution < 1.29 is 27.5 Å². The second-order valence-electron chi connectivity index (χ2n) is 7.51. The van der Waals surface area contributed by atoms with Gasteiger partial charge in [0.1, 0.15) is 11.6 Å². The zero-order chi connectivity index (χ0) is 21.1. The second-order valence-corrected chi connectivity index (χ2v) is 9.19. The molecule has 1 aliphatic rings. The molecule has 0 saturated carbocycles. The molecule has 2 rings (SSSR count). The van der Waals surface area contributed by atoms with Crippen LogP contribution in [0.4, 0.5) is 10.5 Å². The molecule has 3 amide bonds. The quantitative estimate of drug-likeness (QED) is 0.780. The Morgan fingerprint density at radius 1 is 1.14 bits per heavy atom. The van der Waals surface area contributed by atoms with Crippen LogP contribution in [0.1, 0.15) is 40.5 Å². The van der Waals surface area contributed by atoms with Crippen molar-refractivity contribution in [1.82, 2.24) is 9.62 Å². The summed E-state index contributed by atoms with van der Waals surface area (Å²) >= 11 is 0. The average Bonchev–Trinajstić information content (AvgIpc) is 3.02. The van der Waals surface area contributed by atoms with Crippen molar-refractivity contribution in [2.24, 2.45) is 0 Å². The number of hydrogen-bond acceptors (Lipinski definition) is 6. The molecule has 0 unspecified atom stereocenters. The number of carbonyl (C=O) groups is 3. The third-order valence-electron chi connectivity index (χ3n) is 3.89. The molecule has 1 aliphatic heterocycles. The van der Waals surface area contributed by atoms with Gasteiger partial charge in [-0.25, -0.2) is 17.9 Å². The van der Waals surface area contributed by atoms with Crippen molar-refractivity contribution in [3.8, 4) is 0 Å². The Labute approximate surface area is 164 Å². The van der Waals surface area contributed by atoms with Gasteiger partial charge in [0.2, 0.25) is 11.8 Å². The zero-order valence-electron chi connectivity index (χ0n) is 16.3. The van der Waals surface area contributed by atoms with Gasteiger partial charge in [-0.1, -0.05) is 0 Å². The smallest absolute Gasteiger partial charge is 0.410 e. The summed E-state index contributed by atoms with van der Waals surface area (Å²) in [5.74, 6) is -1.07. The first-order valence-corrected chi connectivity index (χ1v) is 10.3. The SMILES string of the molecule is CC(=O)NS(=O)(=O)c1ccc(NC(=O)[C@H]2CCCN2C(=O)OC(C)(C)C)cc1. The second kappa shape index (κ2) is 8.17. The number of amides is 3. The minimum Gasteiger partial charge on any atom is -0.444 e. The minimum absolute atomic E-state index is 0.100. The normalized spacial score (nSPS) is 17.1. The van der Waals surface area contributed by atoms with Crippen LogP contribution in [-0.2, 0) is 24.3 Å². The third kappa shape index (κ3) is 5.69. The molecule has 2 N–H and O–H groups in total. The highest BCUT2D eigenvalue weighted by atomic mass is 32.2. The number of hydrogen-bond donors (Lipinski definition) is 2. The molecular weight excluding hydrogens is 386 g/mol. The summed E-state index contributed by atoms with van der Waals surface area (Å²) in [7, 11) is -3.94. The summed E-state index contributed by atoms with van der Waals surface area (Å²) < 4.78 is 31.1. The molecule has 1 aromatic carbocycles. The van der Waals surface area contributed by atoms with Crippen molar-refractivity contribution in [3.63, 3.8) is 0 Å². The predicted molar refractivity (Wildman–Crippen MR) is 102 cm³/mol. The molecule has 0 bridgehead atoms. The molecule has 0 aromatic heterocycles. The van der Waals surface area contributed by atoms with E-state index in [9.17, 15) is 22.8 Å². The van der Waals surface area contributed by atoms with Gasteiger partial charge in [-0.3, -0.25) is 14.5 Å². The maximum absolute atomic E-state index is 12.6. The lowest BCUT2D eigenvalue weighted by molar-refractivity contribution is -0.120. The van der Waals surface area contributed by atoms with Gasteiger partial charge in [0.15, 0.2) is 0 Å². The van der Waals surface area contributed by atoms with Crippen LogP contribution in [0.25, 0.3) is 0 Å². The van der Waals surface area contributed by atoms with E-state index >= 15 is 0 Å². The van der Waals surface area contributed by atoms with E-state index in [4.69, 9.17) is 4.74 Å². The van der Waals surface area contributed by atoms with Gasteiger partial charge in [0.25, 0.3) is 10.0 Å². The number of rotatable bonds is 4. The van der Waals surface area contributed by atoms with E-state index in [1.165, 1.54) is 29.2 Å². The van der Waals surface area contributed by atoms with Crippen molar-refractivity contribution in [2.75, 3.05) is 11.9 Å². The van der Waals surface area contributed by atoms with Crippen molar-refractivity contribution in [3.05, 3.63) is 24.3 Å². The standard InChI is InChI=1S/C18H25N3O6S/c1-12(22)20-28(25,26)14-9-7-13(8-10-14)19-16(23)15-6-5-11-21(15)17(24)27-18(2,3)4/h7-10,15H,5-6,11H2,1-4H3,(H,19,23)(H,20,22)/t15-/m1/s1. The summed E-state index contributed by atoms with van der Waals surface area (Å²) in [6, 6.07) is 4.73. The van der Waals surface area contributed by atoms with Gasteiger partial charge in [0, 0.05) is 19.2 Å². The van der Waals surface area contributed by atoms with Crippen molar-refractivity contribution in [2.45, 2.75) is 57.1 Å². The van der Waals surface area contributed by atoms with Gasteiger partial charge >= 0.3 is 6.09 Å². The van der Waals surface area contributed by atoms with Crippen LogP contribution >= 0.6 is 0 Å². The Hall–Kier alpha value is -2.62. The van der Waals surface area contributed by atoms with Gasteiger partial charge in [-0.05, 0) is 57.9 Å². The molecular formula is C18H25N3O6S. The molecule has 0 aliphatic carbocycles. The summed E-state index contributed by atoms with van der Waals surface area (Å²) in [6.07, 6.45) is 0.660. The molecule has 1 fully saturated rings. The highest BCUT2D eigenvalue weighted by Gasteiger charge is 2.36. The fourth-order valence-corrected chi connectivity index (χ4v) is 3.76. The first kappa shape index (κ1) is 21.7. The average molecular weight is 411 g/mol. The van der Waals surface area contributed by atoms with E-state index < -0.39 is 33.7 Å². The number of anilines is 1. The largest absolute Gasteiger partial charge is 0.444 e. The summed E-state index contributed by atoms with van der Waals surface area (Å²) in [5.41, 5.74) is -0.279. The van der Waals surface area contributed by atoms with Crippen molar-refractivity contribution >= 4 is 33.6 Å². The molecule has 1 atom stereocenters. The van der Waals surface area contributed by atoms with E-state index in [2.05, 4.69) is 5.32 Å². The molecule has 9 nitrogen and oxygen atoms in total. The van der Waals surface area contributed by atoms with Crippen LogP contribution in [0.2, 0.25) is 0 Å². The lowest BCUT2D eigenvalue weighted by Crippen LogP contribution is -2.45. The first-order chi connectivity index (χ1) is 12.9. The Morgan fingerprint density at radius 3 is 2.29 bits per heavy atom. The number of likely N-dealkylation sites (tertiary alicyclic amines) is 1. The summed E-state index contributed by atoms with van der Waals surface area (Å²) in [6.45, 7) is 6.80. The van der Waals surface area contributed by atoms with Crippen LogP contribution in [0.3, 0.4) is 0 Å². The Morgan fingerprint density at radius 2 is 1.75 bits per heavy atom. The van der Waals surface area contributed by atoms with Crippen LogP contribution in [0.5, 0.6) is 0 Å². The van der Waals surface area contributed by atoms with Crippen molar-refractivity contribution in [1.29, 1.82) is 0 Å². The van der Waals surface area contributed by atoms with E-state index in [0.29, 0.717) is 25.1 Å². The van der Waals surface area contributed by atoms with E-state index in [1.54, 1.807) is 20.8 Å². The number of ether oxygens (including phenoxy) is 1. The number of carbonyl (C=O) groups excluding carboxylic acids is 3. The minimum atomic E-state index is -3.94. The molecule has 0 spiro atoms. The fourth-order valence-electron chi connectivity index (χ4n) is 2.77. The van der Waals surface area contributed by atoms with E-state index in [0.717, 1.165) is 6.92 Å². The van der Waals surface area contributed by atoms with Gasteiger partial charge < -0.3 is 10.1 Å². The fraction of sp³-hybridized carbons (Fsp3) is 0.500. The zero-order valence-corrected chi connectivity index (χ0v) is 17.1. The van der Waals surface area contributed by atoms with Crippen LogP contribution < -0.4 is 10.0 Å². The topological polar surface area (TPSA) is 122 Å². The number of nitrogens with zero attached hydrogens (tertiary/aromatic N) is 1. The molecule has 1 saturated heterocycles. The van der Waals surface area contributed by atoms with Crippen LogP contribution in [-0.4, -0.2) is 49.4 Å². The maximum atomic E-state index is 12.6. The molecule has 0 radical (unpaired) electrons. The predicted octanol–water partition coefficient (Wildman–Crippen LogP) is 1.85. The maximum Gasteiger partial charge on any atom is 0.410 e.